The summed E-state index contributed by atoms with van der Waals surface area (Å²) in [7, 11) is 0. The molecule has 0 heterocycles. The normalized spacial score (nSPS) is 12.2. The lowest BCUT2D eigenvalue weighted by Gasteiger charge is -2.17. The Labute approximate surface area is 164 Å². The van der Waals surface area contributed by atoms with Crippen LogP contribution in [0.25, 0.3) is 21.9 Å². The number of phenols is 1. The lowest BCUT2D eigenvalue weighted by molar-refractivity contribution is 0.460. The summed E-state index contributed by atoms with van der Waals surface area (Å²) in [4.78, 5) is 0. The molecular formula is C25H22FNO. The average Bonchev–Trinajstić information content (AvgIpc) is 2.73. The van der Waals surface area contributed by atoms with Gasteiger partial charge in [-0.1, -0.05) is 60.7 Å². The first kappa shape index (κ1) is 18.2. The molecule has 0 saturated carbocycles. The fourth-order valence-corrected chi connectivity index (χ4v) is 3.55. The summed E-state index contributed by atoms with van der Waals surface area (Å²) in [6.07, 6.45) is 0. The van der Waals surface area contributed by atoms with Crippen molar-refractivity contribution in [1.82, 2.24) is 5.32 Å². The van der Waals surface area contributed by atoms with Gasteiger partial charge in [-0.05, 0) is 58.7 Å². The molecule has 0 aliphatic heterocycles. The highest BCUT2D eigenvalue weighted by atomic mass is 19.1. The van der Waals surface area contributed by atoms with Crippen molar-refractivity contribution < 1.29 is 9.50 Å². The number of phenolic OH excluding ortho intramolecular Hbond substituents is 1. The number of halogens is 1. The predicted molar refractivity (Wildman–Crippen MR) is 113 cm³/mol. The van der Waals surface area contributed by atoms with Crippen molar-refractivity contribution in [2.24, 2.45) is 0 Å². The van der Waals surface area contributed by atoms with Crippen molar-refractivity contribution in [3.05, 3.63) is 102 Å². The largest absolute Gasteiger partial charge is 0.508 e. The predicted octanol–water partition coefficient (Wildman–Crippen LogP) is 6.20. The van der Waals surface area contributed by atoms with Crippen LogP contribution in [0.2, 0.25) is 0 Å². The molecule has 0 radical (unpaired) electrons. The molecule has 2 N–H and O–H groups in total. The Morgan fingerprint density at radius 3 is 2.39 bits per heavy atom. The summed E-state index contributed by atoms with van der Waals surface area (Å²) in [5.41, 5.74) is 3.92. The molecule has 0 bridgehead atoms. The molecule has 1 atom stereocenters. The van der Waals surface area contributed by atoms with E-state index in [0.717, 1.165) is 16.7 Å². The number of rotatable bonds is 5. The van der Waals surface area contributed by atoms with Gasteiger partial charge in [-0.15, -0.1) is 0 Å². The van der Waals surface area contributed by atoms with E-state index in [2.05, 4.69) is 48.6 Å². The first-order valence-electron chi connectivity index (χ1n) is 9.41. The van der Waals surface area contributed by atoms with Crippen LogP contribution in [0.3, 0.4) is 0 Å². The van der Waals surface area contributed by atoms with Gasteiger partial charge in [0.1, 0.15) is 11.6 Å². The van der Waals surface area contributed by atoms with Crippen molar-refractivity contribution in [3.8, 4) is 16.9 Å². The molecule has 4 aromatic carbocycles. The van der Waals surface area contributed by atoms with E-state index in [-0.39, 0.29) is 17.6 Å². The Morgan fingerprint density at radius 2 is 1.57 bits per heavy atom. The van der Waals surface area contributed by atoms with Crippen LogP contribution >= 0.6 is 0 Å². The second-order valence-electron chi connectivity index (χ2n) is 7.02. The molecule has 0 aromatic heterocycles. The number of hydrogen-bond donors (Lipinski definition) is 2. The molecule has 4 aromatic rings. The zero-order valence-electron chi connectivity index (χ0n) is 15.7. The highest BCUT2D eigenvalue weighted by Crippen LogP contribution is 2.28. The molecular weight excluding hydrogens is 349 g/mol. The van der Waals surface area contributed by atoms with Gasteiger partial charge in [-0.3, -0.25) is 0 Å². The van der Waals surface area contributed by atoms with Crippen LogP contribution in [-0.2, 0) is 6.54 Å². The molecule has 4 rings (SSSR count). The van der Waals surface area contributed by atoms with Gasteiger partial charge in [0.2, 0.25) is 0 Å². The Hall–Kier alpha value is -3.17. The van der Waals surface area contributed by atoms with Crippen molar-refractivity contribution >= 4 is 10.8 Å². The van der Waals surface area contributed by atoms with Crippen LogP contribution in [0.15, 0.2) is 84.9 Å². The number of aromatic hydroxyl groups is 1. The van der Waals surface area contributed by atoms with Gasteiger partial charge in [-0.2, -0.15) is 0 Å². The van der Waals surface area contributed by atoms with Crippen LogP contribution in [-0.4, -0.2) is 5.11 Å². The lowest BCUT2D eigenvalue weighted by atomic mass is 9.99. The minimum Gasteiger partial charge on any atom is -0.508 e. The molecule has 28 heavy (non-hydrogen) atoms. The van der Waals surface area contributed by atoms with Crippen LogP contribution in [0.1, 0.15) is 24.1 Å². The van der Waals surface area contributed by atoms with Gasteiger partial charge < -0.3 is 10.4 Å². The summed E-state index contributed by atoms with van der Waals surface area (Å²) in [6.45, 7) is 2.66. The van der Waals surface area contributed by atoms with Crippen LogP contribution in [0.5, 0.6) is 5.75 Å². The maximum absolute atomic E-state index is 13.2. The minimum atomic E-state index is -0.256. The second-order valence-corrected chi connectivity index (χ2v) is 7.02. The third kappa shape index (κ3) is 3.75. The molecule has 1 unspecified atom stereocenters. The maximum atomic E-state index is 13.2. The standard InChI is InChI=1S/C25H22FNO/c1-17(23-8-4-6-19-5-2-3-7-24(19)23)27-16-21-15-20(11-14-25(21)28)18-9-12-22(26)13-10-18/h2-15,17,27-28H,16H2,1H3. The van der Waals surface area contributed by atoms with Gasteiger partial charge >= 0.3 is 0 Å². The maximum Gasteiger partial charge on any atom is 0.123 e. The quantitative estimate of drug-likeness (QED) is 0.438. The Kier molecular flexibility index (Phi) is 5.09. The molecule has 0 aliphatic carbocycles. The smallest absolute Gasteiger partial charge is 0.123 e. The number of benzene rings is 4. The summed E-state index contributed by atoms with van der Waals surface area (Å²) < 4.78 is 13.2. The first-order chi connectivity index (χ1) is 13.6. The Balaban J connectivity index is 1.56. The Morgan fingerprint density at radius 1 is 0.857 bits per heavy atom. The summed E-state index contributed by atoms with van der Waals surface area (Å²) in [5.74, 6) is -0.00295. The zero-order chi connectivity index (χ0) is 19.5. The molecule has 0 amide bonds. The fraction of sp³-hybridized carbons (Fsp3) is 0.120. The van der Waals surface area contributed by atoms with E-state index < -0.39 is 0 Å². The zero-order valence-corrected chi connectivity index (χ0v) is 15.7. The van der Waals surface area contributed by atoms with Crippen molar-refractivity contribution in [2.45, 2.75) is 19.5 Å². The number of hydrogen-bond acceptors (Lipinski definition) is 2. The highest BCUT2D eigenvalue weighted by molar-refractivity contribution is 5.86. The molecule has 3 heteroatoms. The Bertz CT molecular complexity index is 1100. The summed E-state index contributed by atoms with van der Waals surface area (Å²) in [6, 6.07) is 26.7. The third-order valence-electron chi connectivity index (χ3n) is 5.15. The van der Waals surface area contributed by atoms with Gasteiger partial charge in [0, 0.05) is 18.2 Å². The molecule has 140 valence electrons. The van der Waals surface area contributed by atoms with E-state index in [0.29, 0.717) is 6.54 Å². The summed E-state index contributed by atoms with van der Waals surface area (Å²) >= 11 is 0. The van der Waals surface area contributed by atoms with Crippen molar-refractivity contribution in [2.75, 3.05) is 0 Å². The SMILES string of the molecule is CC(NCc1cc(-c2ccc(F)cc2)ccc1O)c1cccc2ccccc12. The molecule has 0 fully saturated rings. The van der Waals surface area contributed by atoms with E-state index in [4.69, 9.17) is 0 Å². The fourth-order valence-electron chi connectivity index (χ4n) is 3.55. The number of fused-ring (bicyclic) bond motifs is 1. The van der Waals surface area contributed by atoms with E-state index in [1.807, 2.05) is 18.2 Å². The van der Waals surface area contributed by atoms with Crippen molar-refractivity contribution in [1.29, 1.82) is 0 Å². The van der Waals surface area contributed by atoms with E-state index in [1.165, 1.54) is 28.5 Å². The summed E-state index contributed by atoms with van der Waals surface area (Å²) in [5, 5.41) is 16.2. The third-order valence-corrected chi connectivity index (χ3v) is 5.15. The van der Waals surface area contributed by atoms with Crippen LogP contribution in [0.4, 0.5) is 4.39 Å². The highest BCUT2D eigenvalue weighted by Gasteiger charge is 2.11. The molecule has 2 nitrogen and oxygen atoms in total. The average molecular weight is 371 g/mol. The van der Waals surface area contributed by atoms with Crippen LogP contribution in [0, 0.1) is 5.82 Å². The van der Waals surface area contributed by atoms with Gasteiger partial charge in [0.15, 0.2) is 0 Å². The van der Waals surface area contributed by atoms with Gasteiger partial charge in [0.25, 0.3) is 0 Å². The molecule has 0 saturated heterocycles. The van der Waals surface area contributed by atoms with Gasteiger partial charge in [-0.25, -0.2) is 4.39 Å². The van der Waals surface area contributed by atoms with Crippen LogP contribution < -0.4 is 5.32 Å². The first-order valence-corrected chi connectivity index (χ1v) is 9.41. The van der Waals surface area contributed by atoms with E-state index >= 15 is 0 Å². The monoisotopic (exact) mass is 371 g/mol. The lowest BCUT2D eigenvalue weighted by Crippen LogP contribution is -2.18. The minimum absolute atomic E-state index is 0.125. The molecule has 0 spiro atoms. The van der Waals surface area contributed by atoms with E-state index in [1.54, 1.807) is 18.2 Å². The van der Waals surface area contributed by atoms with Crippen molar-refractivity contribution in [3.63, 3.8) is 0 Å². The topological polar surface area (TPSA) is 32.3 Å². The number of nitrogens with one attached hydrogen (secondary N) is 1. The van der Waals surface area contributed by atoms with E-state index in [9.17, 15) is 9.50 Å². The second kappa shape index (κ2) is 7.83. The molecule has 0 aliphatic rings. The van der Waals surface area contributed by atoms with Gasteiger partial charge in [0.05, 0.1) is 0 Å².